The van der Waals surface area contributed by atoms with Crippen LogP contribution < -0.4 is 10.2 Å². The number of nitrogens with zero attached hydrogens (tertiary/aromatic N) is 2. The van der Waals surface area contributed by atoms with Gasteiger partial charge in [-0.25, -0.2) is 0 Å². The van der Waals surface area contributed by atoms with Crippen LogP contribution >= 0.6 is 12.2 Å². The maximum atomic E-state index is 5.73. The number of rotatable bonds is 3. The fourth-order valence-electron chi connectivity index (χ4n) is 3.52. The summed E-state index contributed by atoms with van der Waals surface area (Å²) in [6.07, 6.45) is 1.83. The molecule has 0 amide bonds. The van der Waals surface area contributed by atoms with Crippen LogP contribution in [0.4, 0.5) is 5.69 Å². The van der Waals surface area contributed by atoms with Crippen LogP contribution in [0.25, 0.3) is 0 Å². The van der Waals surface area contributed by atoms with Gasteiger partial charge in [0.15, 0.2) is 5.11 Å². The third-order valence-corrected chi connectivity index (χ3v) is 5.35. The molecule has 0 radical (unpaired) electrons. The second-order valence-electron chi connectivity index (χ2n) is 6.86. The number of anilines is 1. The van der Waals surface area contributed by atoms with Gasteiger partial charge < -0.3 is 15.2 Å². The van der Waals surface area contributed by atoms with E-state index in [-0.39, 0.29) is 12.1 Å². The third kappa shape index (κ3) is 2.88. The number of aromatic nitrogens is 2. The Balaban J connectivity index is 1.83. The van der Waals surface area contributed by atoms with Crippen molar-refractivity contribution in [1.29, 1.82) is 0 Å². The summed E-state index contributed by atoms with van der Waals surface area (Å²) in [5, 5.41) is 4.21. The molecule has 5 heteroatoms. The standard InChI is InChI=1S/C21H22N4S/c1-13-7-9-16(12-14(13)2)25-20(18-10-8-15(3)23-18)19(24-21(25)26)17-6-4-5-11-22-17/h4-12,19-20,23H,1-3H3,(H,24,26). The lowest BCUT2D eigenvalue weighted by Gasteiger charge is -2.27. The maximum absolute atomic E-state index is 5.73. The lowest BCUT2D eigenvalue weighted by atomic mass is 10.0. The van der Waals surface area contributed by atoms with E-state index in [2.05, 4.69) is 71.3 Å². The first-order valence-corrected chi connectivity index (χ1v) is 9.19. The van der Waals surface area contributed by atoms with Crippen LogP contribution in [0.2, 0.25) is 0 Å². The maximum Gasteiger partial charge on any atom is 0.174 e. The first kappa shape index (κ1) is 16.8. The van der Waals surface area contributed by atoms with Crippen molar-refractivity contribution < 1.29 is 0 Å². The molecule has 0 spiro atoms. The van der Waals surface area contributed by atoms with Gasteiger partial charge in [-0.3, -0.25) is 4.98 Å². The molecule has 2 aromatic heterocycles. The largest absolute Gasteiger partial charge is 0.361 e. The Kier molecular flexibility index (Phi) is 4.24. The summed E-state index contributed by atoms with van der Waals surface area (Å²) in [5.41, 5.74) is 6.88. The van der Waals surface area contributed by atoms with E-state index >= 15 is 0 Å². The van der Waals surface area contributed by atoms with Gasteiger partial charge in [0.1, 0.15) is 6.04 Å². The first-order valence-electron chi connectivity index (χ1n) is 8.78. The van der Waals surface area contributed by atoms with Gasteiger partial charge in [0, 0.05) is 23.3 Å². The molecular formula is C21H22N4S. The summed E-state index contributed by atoms with van der Waals surface area (Å²) >= 11 is 5.73. The van der Waals surface area contributed by atoms with E-state index in [1.165, 1.54) is 11.1 Å². The van der Waals surface area contributed by atoms with E-state index in [4.69, 9.17) is 12.2 Å². The van der Waals surface area contributed by atoms with Crippen LogP contribution in [-0.2, 0) is 0 Å². The second kappa shape index (κ2) is 6.57. The summed E-state index contributed by atoms with van der Waals surface area (Å²) in [6, 6.07) is 16.7. The highest BCUT2D eigenvalue weighted by Crippen LogP contribution is 2.41. The van der Waals surface area contributed by atoms with Crippen molar-refractivity contribution in [1.82, 2.24) is 15.3 Å². The van der Waals surface area contributed by atoms with Crippen molar-refractivity contribution in [3.63, 3.8) is 0 Å². The Morgan fingerprint density at radius 3 is 2.50 bits per heavy atom. The van der Waals surface area contributed by atoms with E-state index in [0.29, 0.717) is 0 Å². The molecule has 1 aliphatic heterocycles. The van der Waals surface area contributed by atoms with Gasteiger partial charge in [-0.05, 0) is 80.5 Å². The molecule has 2 N–H and O–H groups in total. The SMILES string of the molecule is Cc1ccc(C2C(c3ccccn3)NC(=S)N2c2ccc(C)c(C)c2)[nH]1. The Labute approximate surface area is 159 Å². The van der Waals surface area contributed by atoms with Crippen LogP contribution in [0.3, 0.4) is 0 Å². The van der Waals surface area contributed by atoms with Gasteiger partial charge >= 0.3 is 0 Å². The van der Waals surface area contributed by atoms with Crippen LogP contribution in [0.5, 0.6) is 0 Å². The fraction of sp³-hybridized carbons (Fsp3) is 0.238. The molecule has 1 aromatic carbocycles. The van der Waals surface area contributed by atoms with Gasteiger partial charge in [0.25, 0.3) is 0 Å². The molecule has 1 saturated heterocycles. The molecule has 0 aliphatic carbocycles. The minimum Gasteiger partial charge on any atom is -0.361 e. The van der Waals surface area contributed by atoms with Crippen molar-refractivity contribution in [2.75, 3.05) is 4.90 Å². The minimum absolute atomic E-state index is 0.0108. The van der Waals surface area contributed by atoms with Gasteiger partial charge in [-0.1, -0.05) is 12.1 Å². The summed E-state index contributed by atoms with van der Waals surface area (Å²) < 4.78 is 0. The highest BCUT2D eigenvalue weighted by molar-refractivity contribution is 7.80. The quantitative estimate of drug-likeness (QED) is 0.673. The Bertz CT molecular complexity index is 948. The average molecular weight is 363 g/mol. The van der Waals surface area contributed by atoms with Crippen molar-refractivity contribution in [3.8, 4) is 0 Å². The summed E-state index contributed by atoms with van der Waals surface area (Å²) in [5.74, 6) is 0. The number of aryl methyl sites for hydroxylation is 3. The predicted molar refractivity (Wildman–Crippen MR) is 109 cm³/mol. The number of hydrogen-bond donors (Lipinski definition) is 2. The number of nitrogens with one attached hydrogen (secondary N) is 2. The van der Waals surface area contributed by atoms with Gasteiger partial charge in [-0.2, -0.15) is 0 Å². The number of aromatic amines is 1. The van der Waals surface area contributed by atoms with Crippen molar-refractivity contribution >= 4 is 23.0 Å². The molecule has 3 aromatic rings. The number of H-pyrrole nitrogens is 1. The van der Waals surface area contributed by atoms with Crippen LogP contribution in [0.15, 0.2) is 54.7 Å². The van der Waals surface area contributed by atoms with Crippen LogP contribution in [-0.4, -0.2) is 15.1 Å². The van der Waals surface area contributed by atoms with Crippen molar-refractivity contribution in [2.24, 2.45) is 0 Å². The predicted octanol–water partition coefficient (Wildman–Crippen LogP) is 4.51. The molecular weight excluding hydrogens is 340 g/mol. The molecule has 2 atom stereocenters. The molecule has 1 aliphatic rings. The summed E-state index contributed by atoms with van der Waals surface area (Å²) in [6.45, 7) is 6.33. The van der Waals surface area contributed by atoms with E-state index < -0.39 is 0 Å². The van der Waals surface area contributed by atoms with Gasteiger partial charge in [-0.15, -0.1) is 0 Å². The monoisotopic (exact) mass is 362 g/mol. The van der Waals surface area contributed by atoms with Crippen LogP contribution in [0, 0.1) is 20.8 Å². The summed E-state index contributed by atoms with van der Waals surface area (Å²) in [7, 11) is 0. The highest BCUT2D eigenvalue weighted by Gasteiger charge is 2.41. The average Bonchev–Trinajstić information content (AvgIpc) is 3.21. The Morgan fingerprint density at radius 1 is 1.00 bits per heavy atom. The van der Waals surface area contributed by atoms with Crippen molar-refractivity contribution in [2.45, 2.75) is 32.9 Å². The fourth-order valence-corrected chi connectivity index (χ4v) is 3.87. The molecule has 4 nitrogen and oxygen atoms in total. The number of thiocarbonyl (C=S) groups is 1. The zero-order valence-electron chi connectivity index (χ0n) is 15.2. The lowest BCUT2D eigenvalue weighted by Crippen LogP contribution is -2.29. The molecule has 26 heavy (non-hydrogen) atoms. The Morgan fingerprint density at radius 2 is 1.85 bits per heavy atom. The van der Waals surface area contributed by atoms with E-state index in [0.717, 1.165) is 27.9 Å². The number of hydrogen-bond acceptors (Lipinski definition) is 2. The zero-order chi connectivity index (χ0) is 18.3. The molecule has 4 rings (SSSR count). The number of pyridine rings is 1. The third-order valence-electron chi connectivity index (χ3n) is 5.04. The highest BCUT2D eigenvalue weighted by atomic mass is 32.1. The zero-order valence-corrected chi connectivity index (χ0v) is 16.0. The van der Waals surface area contributed by atoms with Gasteiger partial charge in [0.2, 0.25) is 0 Å². The molecule has 0 saturated carbocycles. The Hall–Kier alpha value is -2.66. The van der Waals surface area contributed by atoms with E-state index in [1.54, 1.807) is 0 Å². The van der Waals surface area contributed by atoms with E-state index in [9.17, 15) is 0 Å². The lowest BCUT2D eigenvalue weighted by molar-refractivity contribution is 0.558. The van der Waals surface area contributed by atoms with E-state index in [1.807, 2.05) is 24.4 Å². The molecule has 0 bridgehead atoms. The topological polar surface area (TPSA) is 44.0 Å². The molecule has 132 valence electrons. The number of benzene rings is 1. The normalized spacial score (nSPS) is 19.7. The van der Waals surface area contributed by atoms with Crippen molar-refractivity contribution in [3.05, 3.63) is 82.9 Å². The molecule has 2 unspecified atom stereocenters. The smallest absolute Gasteiger partial charge is 0.174 e. The second-order valence-corrected chi connectivity index (χ2v) is 7.25. The minimum atomic E-state index is -0.0108. The summed E-state index contributed by atoms with van der Waals surface area (Å²) in [4.78, 5) is 10.3. The van der Waals surface area contributed by atoms with Crippen LogP contribution in [0.1, 0.15) is 40.3 Å². The molecule has 3 heterocycles. The van der Waals surface area contributed by atoms with Gasteiger partial charge in [0.05, 0.1) is 11.7 Å². The first-order chi connectivity index (χ1) is 12.5. The molecule has 1 fully saturated rings.